The van der Waals surface area contributed by atoms with Crippen LogP contribution in [0.5, 0.6) is 0 Å². The molecule has 3 rings (SSSR count). The highest BCUT2D eigenvalue weighted by Gasteiger charge is 2.23. The van der Waals surface area contributed by atoms with Gasteiger partial charge >= 0.3 is 0 Å². The molecule has 2 amide bonds. The first-order chi connectivity index (χ1) is 14.6. The lowest BCUT2D eigenvalue weighted by atomic mass is 9.97. The second-order valence-electron chi connectivity index (χ2n) is 7.06. The smallest absolute Gasteiger partial charge is 0.237 e. The summed E-state index contributed by atoms with van der Waals surface area (Å²) in [5, 5.41) is 8.89. The Kier molecular flexibility index (Phi) is 7.96. The van der Waals surface area contributed by atoms with Crippen molar-refractivity contribution in [1.29, 1.82) is 0 Å². The van der Waals surface area contributed by atoms with Crippen LogP contribution in [0.15, 0.2) is 60.0 Å². The predicted octanol–water partition coefficient (Wildman–Crippen LogP) is 2.43. The maximum Gasteiger partial charge on any atom is 0.237 e. The summed E-state index contributed by atoms with van der Waals surface area (Å²) in [6, 6.07) is 16.8. The van der Waals surface area contributed by atoms with Crippen LogP contribution in [-0.2, 0) is 20.7 Å². The topological polar surface area (TPSA) is 93.5 Å². The number of methoxy groups -OCH3 is 1. The van der Waals surface area contributed by atoms with Gasteiger partial charge in [0.2, 0.25) is 11.8 Å². The second kappa shape index (κ2) is 10.9. The fourth-order valence-electron chi connectivity index (χ4n) is 3.30. The maximum atomic E-state index is 12.7. The molecule has 2 atom stereocenters. The fraction of sp³-hybridized carbons (Fsp3) is 0.304. The highest BCUT2D eigenvalue weighted by atomic mass is 32.1. The zero-order valence-corrected chi connectivity index (χ0v) is 17.8. The number of rotatable bonds is 10. The molecule has 158 valence electrons. The number of thiophene rings is 1. The Morgan fingerprint density at radius 2 is 1.77 bits per heavy atom. The van der Waals surface area contributed by atoms with Crippen molar-refractivity contribution in [2.24, 2.45) is 5.73 Å². The number of benzene rings is 2. The van der Waals surface area contributed by atoms with Crippen LogP contribution in [0.25, 0.3) is 10.1 Å². The molecule has 1 aromatic heterocycles. The zero-order valence-electron chi connectivity index (χ0n) is 17.0. The molecule has 2 aromatic carbocycles. The van der Waals surface area contributed by atoms with Crippen LogP contribution in [0.2, 0.25) is 0 Å². The molecule has 3 aromatic rings. The minimum Gasteiger partial charge on any atom is -0.383 e. The lowest BCUT2D eigenvalue weighted by molar-refractivity contribution is -0.124. The van der Waals surface area contributed by atoms with Crippen molar-refractivity contribution < 1.29 is 14.3 Å². The van der Waals surface area contributed by atoms with E-state index in [-0.39, 0.29) is 18.4 Å². The number of fused-ring (bicyclic) bond motifs is 1. The number of nitrogens with two attached hydrogens (primary N) is 1. The average molecular weight is 426 g/mol. The van der Waals surface area contributed by atoms with Gasteiger partial charge in [-0.15, -0.1) is 11.3 Å². The first-order valence-electron chi connectivity index (χ1n) is 9.90. The van der Waals surface area contributed by atoms with E-state index < -0.39 is 12.0 Å². The van der Waals surface area contributed by atoms with E-state index in [0.29, 0.717) is 19.6 Å². The van der Waals surface area contributed by atoms with Gasteiger partial charge in [0.15, 0.2) is 0 Å². The number of hydrogen-bond donors (Lipinski definition) is 3. The molecule has 0 fully saturated rings. The highest BCUT2D eigenvalue weighted by molar-refractivity contribution is 7.17. The quantitative estimate of drug-likeness (QED) is 0.435. The summed E-state index contributed by atoms with van der Waals surface area (Å²) in [7, 11) is 1.58. The van der Waals surface area contributed by atoms with Crippen LogP contribution in [0.3, 0.4) is 0 Å². The highest BCUT2D eigenvalue weighted by Crippen LogP contribution is 2.26. The molecule has 0 radical (unpaired) electrons. The number of ether oxygens (including phenoxy) is 1. The molecule has 4 N–H and O–H groups in total. The standard InChI is InChI=1S/C23H27N3O3S/c1-29-12-11-25-22(27)19(16-7-3-2-4-8-16)14-26-23(28)20(24)13-17-15-30-21-10-6-5-9-18(17)21/h2-10,15,19-20H,11-14,24H2,1H3,(H,25,27)(H,26,28)/t19?,20-/m0/s1. The fourth-order valence-corrected chi connectivity index (χ4v) is 4.28. The van der Waals surface area contributed by atoms with Crippen molar-refractivity contribution in [1.82, 2.24) is 10.6 Å². The van der Waals surface area contributed by atoms with Gasteiger partial charge in [0.25, 0.3) is 0 Å². The van der Waals surface area contributed by atoms with Crippen molar-refractivity contribution in [3.05, 3.63) is 71.1 Å². The summed E-state index contributed by atoms with van der Waals surface area (Å²) in [4.78, 5) is 25.3. The van der Waals surface area contributed by atoms with Gasteiger partial charge in [-0.25, -0.2) is 0 Å². The van der Waals surface area contributed by atoms with Gasteiger partial charge in [0, 0.05) is 24.9 Å². The maximum absolute atomic E-state index is 12.7. The predicted molar refractivity (Wildman–Crippen MR) is 121 cm³/mol. The van der Waals surface area contributed by atoms with Gasteiger partial charge in [-0.1, -0.05) is 48.5 Å². The molecular formula is C23H27N3O3S. The zero-order chi connectivity index (χ0) is 21.3. The van der Waals surface area contributed by atoms with Crippen LogP contribution >= 0.6 is 11.3 Å². The molecule has 0 aliphatic rings. The van der Waals surface area contributed by atoms with Gasteiger partial charge in [-0.05, 0) is 34.4 Å². The van der Waals surface area contributed by atoms with Gasteiger partial charge in [0.05, 0.1) is 18.6 Å². The van der Waals surface area contributed by atoms with E-state index in [1.807, 2.05) is 53.9 Å². The van der Waals surface area contributed by atoms with E-state index in [9.17, 15) is 9.59 Å². The number of amides is 2. The van der Waals surface area contributed by atoms with Gasteiger partial charge < -0.3 is 21.1 Å². The second-order valence-corrected chi connectivity index (χ2v) is 7.97. The van der Waals surface area contributed by atoms with E-state index in [0.717, 1.165) is 16.5 Å². The van der Waals surface area contributed by atoms with Crippen LogP contribution in [0.4, 0.5) is 0 Å². The minimum atomic E-state index is -0.684. The summed E-state index contributed by atoms with van der Waals surface area (Å²) in [6.45, 7) is 1.02. The van der Waals surface area contributed by atoms with Gasteiger partial charge in [-0.2, -0.15) is 0 Å². The average Bonchev–Trinajstić information content (AvgIpc) is 3.17. The van der Waals surface area contributed by atoms with Gasteiger partial charge in [-0.3, -0.25) is 9.59 Å². The molecule has 0 spiro atoms. The third kappa shape index (κ3) is 5.66. The number of carbonyl (C=O) groups is 2. The van der Waals surface area contributed by atoms with E-state index in [4.69, 9.17) is 10.5 Å². The summed E-state index contributed by atoms with van der Waals surface area (Å²) >= 11 is 1.65. The van der Waals surface area contributed by atoms with E-state index in [1.54, 1.807) is 18.4 Å². The lowest BCUT2D eigenvalue weighted by Crippen LogP contribution is -2.45. The van der Waals surface area contributed by atoms with Crippen LogP contribution in [0.1, 0.15) is 17.0 Å². The molecule has 0 aliphatic carbocycles. The molecular weight excluding hydrogens is 398 g/mol. The number of nitrogens with one attached hydrogen (secondary N) is 2. The summed E-state index contributed by atoms with van der Waals surface area (Å²) in [6.07, 6.45) is 0.450. The Balaban J connectivity index is 1.62. The molecule has 7 heteroatoms. The summed E-state index contributed by atoms with van der Waals surface area (Å²) in [5.41, 5.74) is 8.08. The molecule has 0 saturated carbocycles. The molecule has 0 bridgehead atoms. The van der Waals surface area contributed by atoms with E-state index in [1.165, 1.54) is 4.70 Å². The Bertz CT molecular complexity index is 974. The third-order valence-electron chi connectivity index (χ3n) is 4.94. The Morgan fingerprint density at radius 1 is 1.03 bits per heavy atom. The summed E-state index contributed by atoms with van der Waals surface area (Å²) in [5.74, 6) is -0.923. The van der Waals surface area contributed by atoms with Crippen molar-refractivity contribution in [2.45, 2.75) is 18.4 Å². The Hall–Kier alpha value is -2.74. The van der Waals surface area contributed by atoms with Crippen molar-refractivity contribution in [3.63, 3.8) is 0 Å². The lowest BCUT2D eigenvalue weighted by Gasteiger charge is -2.19. The first kappa shape index (κ1) is 22.0. The third-order valence-corrected chi connectivity index (χ3v) is 5.95. The minimum absolute atomic E-state index is 0.157. The molecule has 0 aliphatic heterocycles. The molecule has 0 saturated heterocycles. The van der Waals surface area contributed by atoms with Crippen molar-refractivity contribution >= 4 is 33.2 Å². The Labute approximate surface area is 180 Å². The van der Waals surface area contributed by atoms with Crippen LogP contribution in [0, 0.1) is 0 Å². The molecule has 6 nitrogen and oxygen atoms in total. The number of hydrogen-bond acceptors (Lipinski definition) is 5. The summed E-state index contributed by atoms with van der Waals surface area (Å²) < 4.78 is 6.17. The van der Waals surface area contributed by atoms with E-state index >= 15 is 0 Å². The largest absolute Gasteiger partial charge is 0.383 e. The normalized spacial score (nSPS) is 13.0. The van der Waals surface area contributed by atoms with Crippen LogP contribution in [-0.4, -0.2) is 44.7 Å². The monoisotopic (exact) mass is 425 g/mol. The molecule has 1 unspecified atom stereocenters. The van der Waals surface area contributed by atoms with Gasteiger partial charge in [0.1, 0.15) is 0 Å². The van der Waals surface area contributed by atoms with E-state index in [2.05, 4.69) is 16.7 Å². The van der Waals surface area contributed by atoms with Crippen molar-refractivity contribution in [3.8, 4) is 0 Å². The SMILES string of the molecule is COCCNC(=O)C(CNC(=O)[C@@H](N)Cc1csc2ccccc12)c1ccccc1. The Morgan fingerprint density at radius 3 is 2.53 bits per heavy atom. The first-order valence-corrected chi connectivity index (χ1v) is 10.8. The molecule has 30 heavy (non-hydrogen) atoms. The molecule has 1 heterocycles. The number of carbonyl (C=O) groups excluding carboxylic acids is 2. The van der Waals surface area contributed by atoms with Crippen LogP contribution < -0.4 is 16.4 Å². The van der Waals surface area contributed by atoms with Crippen molar-refractivity contribution in [2.75, 3.05) is 26.8 Å².